The lowest BCUT2D eigenvalue weighted by Crippen LogP contribution is -2.34. The molecule has 0 saturated heterocycles. The van der Waals surface area contributed by atoms with E-state index < -0.39 is 11.9 Å². The first-order chi connectivity index (χ1) is 9.45. The van der Waals surface area contributed by atoms with Gasteiger partial charge in [0, 0.05) is 25.5 Å². The number of hydrogen-bond donors (Lipinski definition) is 1. The fourth-order valence-electron chi connectivity index (χ4n) is 2.26. The lowest BCUT2D eigenvalue weighted by atomic mass is 10.2. The molecular formula is C12H12F3N5. The summed E-state index contributed by atoms with van der Waals surface area (Å²) in [6, 6.07) is 0.994. The highest BCUT2D eigenvalue weighted by Gasteiger charge is 2.33. The van der Waals surface area contributed by atoms with Crippen molar-refractivity contribution in [3.63, 3.8) is 0 Å². The number of pyridine rings is 1. The van der Waals surface area contributed by atoms with Crippen LogP contribution in [0.25, 0.3) is 0 Å². The first kappa shape index (κ1) is 12.8. The van der Waals surface area contributed by atoms with Gasteiger partial charge in [0.05, 0.1) is 24.1 Å². The number of fused-ring (bicyclic) bond motifs is 1. The Morgan fingerprint density at radius 3 is 2.75 bits per heavy atom. The normalized spacial score (nSPS) is 15.2. The summed E-state index contributed by atoms with van der Waals surface area (Å²) in [7, 11) is 0. The van der Waals surface area contributed by atoms with Gasteiger partial charge in [-0.05, 0) is 6.07 Å². The number of nitrogens with zero attached hydrogens (tertiary/aromatic N) is 4. The van der Waals surface area contributed by atoms with Crippen LogP contribution < -0.4 is 10.6 Å². The summed E-state index contributed by atoms with van der Waals surface area (Å²) in [6.45, 7) is 1.67. The second kappa shape index (κ2) is 4.39. The van der Waals surface area contributed by atoms with Crippen molar-refractivity contribution in [1.29, 1.82) is 0 Å². The summed E-state index contributed by atoms with van der Waals surface area (Å²) in [5, 5.41) is 0. The van der Waals surface area contributed by atoms with Crippen LogP contribution in [0.2, 0.25) is 0 Å². The van der Waals surface area contributed by atoms with Crippen molar-refractivity contribution in [2.45, 2.75) is 19.3 Å². The minimum absolute atomic E-state index is 0.234. The molecule has 0 aliphatic carbocycles. The largest absolute Gasteiger partial charge is 0.433 e. The minimum atomic E-state index is -4.48. The van der Waals surface area contributed by atoms with E-state index in [4.69, 9.17) is 5.73 Å². The molecule has 20 heavy (non-hydrogen) atoms. The zero-order chi connectivity index (χ0) is 14.3. The van der Waals surface area contributed by atoms with Crippen molar-refractivity contribution < 1.29 is 13.2 Å². The van der Waals surface area contributed by atoms with E-state index in [2.05, 4.69) is 9.97 Å². The van der Waals surface area contributed by atoms with E-state index in [1.807, 2.05) is 10.8 Å². The second-order valence-electron chi connectivity index (χ2n) is 4.58. The van der Waals surface area contributed by atoms with Gasteiger partial charge < -0.3 is 15.2 Å². The Kier molecular flexibility index (Phi) is 2.81. The molecule has 106 valence electrons. The third-order valence-corrected chi connectivity index (χ3v) is 3.29. The molecular weight excluding hydrogens is 271 g/mol. The van der Waals surface area contributed by atoms with Crippen LogP contribution in [0.5, 0.6) is 0 Å². The molecule has 0 fully saturated rings. The number of hydrogen-bond acceptors (Lipinski definition) is 4. The molecule has 5 nitrogen and oxygen atoms in total. The predicted molar refractivity (Wildman–Crippen MR) is 66.9 cm³/mol. The van der Waals surface area contributed by atoms with Crippen molar-refractivity contribution in [3.05, 3.63) is 36.2 Å². The molecule has 0 aromatic carbocycles. The molecule has 0 bridgehead atoms. The lowest BCUT2D eigenvalue weighted by molar-refractivity contribution is -0.141. The third kappa shape index (κ3) is 2.17. The van der Waals surface area contributed by atoms with Gasteiger partial charge in [-0.2, -0.15) is 13.2 Å². The first-order valence-corrected chi connectivity index (χ1v) is 6.03. The molecule has 8 heteroatoms. The molecule has 2 aromatic heterocycles. The number of rotatable bonds is 1. The molecule has 0 spiro atoms. The molecule has 0 amide bonds. The smallest absolute Gasteiger partial charge is 0.396 e. The van der Waals surface area contributed by atoms with Crippen LogP contribution in [0.4, 0.5) is 24.5 Å². The van der Waals surface area contributed by atoms with Crippen LogP contribution >= 0.6 is 0 Å². The molecule has 0 unspecified atom stereocenters. The Morgan fingerprint density at radius 2 is 2.00 bits per heavy atom. The summed E-state index contributed by atoms with van der Waals surface area (Å²) in [5.74, 6) is 0.807. The molecule has 0 radical (unpaired) electrons. The van der Waals surface area contributed by atoms with Gasteiger partial charge in [0.2, 0.25) is 0 Å². The minimum Gasteiger partial charge on any atom is -0.396 e. The molecule has 2 aromatic rings. The van der Waals surface area contributed by atoms with Gasteiger partial charge in [0.15, 0.2) is 0 Å². The Morgan fingerprint density at radius 1 is 1.20 bits per heavy atom. The zero-order valence-electron chi connectivity index (χ0n) is 10.4. The molecule has 0 saturated carbocycles. The van der Waals surface area contributed by atoms with E-state index in [0.717, 1.165) is 18.1 Å². The van der Waals surface area contributed by atoms with Gasteiger partial charge in [-0.1, -0.05) is 0 Å². The SMILES string of the molecule is Nc1cnc(C(F)(F)F)cc1N1CCn2ccnc2C1. The number of imidazole rings is 1. The fraction of sp³-hybridized carbons (Fsp3) is 0.333. The van der Waals surface area contributed by atoms with E-state index in [-0.39, 0.29) is 5.69 Å². The lowest BCUT2D eigenvalue weighted by Gasteiger charge is -2.30. The molecule has 0 atom stereocenters. The maximum absolute atomic E-state index is 12.7. The van der Waals surface area contributed by atoms with E-state index >= 15 is 0 Å². The average Bonchev–Trinajstić information content (AvgIpc) is 2.85. The van der Waals surface area contributed by atoms with Crippen LogP contribution in [0.1, 0.15) is 11.5 Å². The van der Waals surface area contributed by atoms with Gasteiger partial charge in [0.1, 0.15) is 11.5 Å². The summed E-state index contributed by atoms with van der Waals surface area (Å²) in [4.78, 5) is 9.30. The maximum Gasteiger partial charge on any atom is 0.433 e. The van der Waals surface area contributed by atoms with Crippen molar-refractivity contribution >= 4 is 11.4 Å². The maximum atomic E-state index is 12.7. The zero-order valence-corrected chi connectivity index (χ0v) is 10.4. The Balaban J connectivity index is 1.95. The van der Waals surface area contributed by atoms with E-state index in [1.165, 1.54) is 0 Å². The Bertz CT molecular complexity index is 634. The number of aromatic nitrogens is 3. The number of nitrogen functional groups attached to an aromatic ring is 1. The first-order valence-electron chi connectivity index (χ1n) is 6.03. The number of anilines is 2. The summed E-state index contributed by atoms with van der Waals surface area (Å²) >= 11 is 0. The number of nitrogens with two attached hydrogens (primary N) is 1. The molecule has 1 aliphatic rings. The molecule has 3 rings (SSSR count). The van der Waals surface area contributed by atoms with Gasteiger partial charge in [-0.25, -0.2) is 9.97 Å². The highest BCUT2D eigenvalue weighted by molar-refractivity contribution is 5.67. The predicted octanol–water partition coefficient (Wildman–Crippen LogP) is 1.90. The highest BCUT2D eigenvalue weighted by Crippen LogP contribution is 2.33. The average molecular weight is 283 g/mol. The third-order valence-electron chi connectivity index (χ3n) is 3.29. The van der Waals surface area contributed by atoms with Gasteiger partial charge >= 0.3 is 6.18 Å². The van der Waals surface area contributed by atoms with Gasteiger partial charge in [-0.3, -0.25) is 0 Å². The van der Waals surface area contributed by atoms with Crippen LogP contribution in [-0.2, 0) is 19.3 Å². The summed E-state index contributed by atoms with van der Waals surface area (Å²) in [5.41, 5.74) is 5.41. The highest BCUT2D eigenvalue weighted by atomic mass is 19.4. The molecule has 2 N–H and O–H groups in total. The quantitative estimate of drug-likeness (QED) is 0.868. The summed E-state index contributed by atoms with van der Waals surface area (Å²) < 4.78 is 40.1. The van der Waals surface area contributed by atoms with Gasteiger partial charge in [0.25, 0.3) is 0 Å². The van der Waals surface area contributed by atoms with E-state index in [0.29, 0.717) is 25.3 Å². The van der Waals surface area contributed by atoms with Crippen LogP contribution in [0.15, 0.2) is 24.7 Å². The summed E-state index contributed by atoms with van der Waals surface area (Å²) in [6.07, 6.45) is 0.107. The molecule has 1 aliphatic heterocycles. The number of halogens is 3. The van der Waals surface area contributed by atoms with Crippen LogP contribution in [0.3, 0.4) is 0 Å². The van der Waals surface area contributed by atoms with Gasteiger partial charge in [-0.15, -0.1) is 0 Å². The van der Waals surface area contributed by atoms with Crippen molar-refractivity contribution in [3.8, 4) is 0 Å². The fourth-order valence-corrected chi connectivity index (χ4v) is 2.26. The molecule has 3 heterocycles. The standard InChI is InChI=1S/C12H12F3N5/c13-12(14,15)10-5-9(8(16)6-18-10)20-4-3-19-2-1-17-11(19)7-20/h1-2,5-6H,3-4,7,16H2. The van der Waals surface area contributed by atoms with Crippen LogP contribution in [-0.4, -0.2) is 21.1 Å². The second-order valence-corrected chi connectivity index (χ2v) is 4.58. The Hall–Kier alpha value is -2.25. The Labute approximate surface area is 112 Å². The van der Waals surface area contributed by atoms with Crippen molar-refractivity contribution in [1.82, 2.24) is 14.5 Å². The van der Waals surface area contributed by atoms with Crippen molar-refractivity contribution in [2.24, 2.45) is 0 Å². The van der Waals surface area contributed by atoms with E-state index in [9.17, 15) is 13.2 Å². The van der Waals surface area contributed by atoms with E-state index in [1.54, 1.807) is 11.1 Å². The van der Waals surface area contributed by atoms with Crippen LogP contribution in [0, 0.1) is 0 Å². The number of alkyl halides is 3. The van der Waals surface area contributed by atoms with Crippen molar-refractivity contribution in [2.75, 3.05) is 17.2 Å². The topological polar surface area (TPSA) is 60.0 Å². The monoisotopic (exact) mass is 283 g/mol.